The minimum absolute atomic E-state index is 0. The third kappa shape index (κ3) is 5.01. The predicted octanol–water partition coefficient (Wildman–Crippen LogP) is 2.29. The molecule has 1 amide bonds. The van der Waals surface area contributed by atoms with Crippen molar-refractivity contribution in [3.8, 4) is 5.75 Å². The summed E-state index contributed by atoms with van der Waals surface area (Å²) >= 11 is 0. The van der Waals surface area contributed by atoms with E-state index in [-0.39, 0.29) is 36.0 Å². The third-order valence-electron chi connectivity index (χ3n) is 6.36. The van der Waals surface area contributed by atoms with Crippen molar-refractivity contribution in [2.24, 2.45) is 4.99 Å². The van der Waals surface area contributed by atoms with Crippen molar-refractivity contribution in [2.45, 2.75) is 51.2 Å². The SMILES string of the molecule is CN=C(NCc1c(O)ccc2c1CCCC2)N1CCN(C(=O)C2CCCO2)CC1.I. The number of carbonyl (C=O) groups excluding carboxylic acids is 1. The number of rotatable bonds is 3. The molecule has 1 aromatic carbocycles. The summed E-state index contributed by atoms with van der Waals surface area (Å²) in [5.41, 5.74) is 3.66. The lowest BCUT2D eigenvalue weighted by atomic mass is 9.88. The normalized spacial score (nSPS) is 21.8. The number of aromatic hydroxyl groups is 1. The number of piperazine rings is 1. The van der Waals surface area contributed by atoms with Crippen LogP contribution in [0.25, 0.3) is 0 Å². The van der Waals surface area contributed by atoms with Crippen molar-refractivity contribution in [2.75, 3.05) is 39.8 Å². The predicted molar refractivity (Wildman–Crippen MR) is 127 cm³/mol. The Morgan fingerprint density at radius 3 is 2.60 bits per heavy atom. The molecule has 8 heteroatoms. The maximum absolute atomic E-state index is 12.5. The van der Waals surface area contributed by atoms with Gasteiger partial charge < -0.3 is 25.0 Å². The number of aryl methyl sites for hydroxylation is 1. The second-order valence-corrected chi connectivity index (χ2v) is 8.12. The van der Waals surface area contributed by atoms with Crippen LogP contribution in [0, 0.1) is 0 Å². The summed E-state index contributed by atoms with van der Waals surface area (Å²) in [5.74, 6) is 1.31. The molecule has 2 heterocycles. The zero-order chi connectivity index (χ0) is 20.2. The van der Waals surface area contributed by atoms with Crippen molar-refractivity contribution in [3.63, 3.8) is 0 Å². The minimum Gasteiger partial charge on any atom is -0.508 e. The fourth-order valence-corrected chi connectivity index (χ4v) is 4.70. The molecule has 0 bridgehead atoms. The Morgan fingerprint density at radius 1 is 1.17 bits per heavy atom. The highest BCUT2D eigenvalue weighted by atomic mass is 127. The Morgan fingerprint density at radius 2 is 1.90 bits per heavy atom. The Balaban J connectivity index is 0.00000256. The molecule has 0 spiro atoms. The number of guanidine groups is 1. The summed E-state index contributed by atoms with van der Waals surface area (Å²) in [6, 6.07) is 3.88. The molecule has 30 heavy (non-hydrogen) atoms. The lowest BCUT2D eigenvalue weighted by Gasteiger charge is -2.37. The molecule has 1 unspecified atom stereocenters. The van der Waals surface area contributed by atoms with Crippen molar-refractivity contribution in [3.05, 3.63) is 28.8 Å². The van der Waals surface area contributed by atoms with E-state index in [0.717, 1.165) is 50.3 Å². The standard InChI is InChI=1S/C22H32N4O3.HI/c1-23-22(24-15-18-17-6-3-2-5-16(17)8-9-19(18)27)26-12-10-25(11-13-26)21(28)20-7-4-14-29-20;/h8-9,20,27H,2-7,10-15H2,1H3,(H,23,24);1H. The smallest absolute Gasteiger partial charge is 0.251 e. The largest absolute Gasteiger partial charge is 0.508 e. The number of amides is 1. The highest BCUT2D eigenvalue weighted by Crippen LogP contribution is 2.30. The number of carbonyl (C=O) groups is 1. The quantitative estimate of drug-likeness (QED) is 0.358. The number of hydrogen-bond donors (Lipinski definition) is 2. The fraction of sp³-hybridized carbons (Fsp3) is 0.636. The lowest BCUT2D eigenvalue weighted by Crippen LogP contribution is -2.55. The van der Waals surface area contributed by atoms with Crippen molar-refractivity contribution >= 4 is 35.8 Å². The third-order valence-corrected chi connectivity index (χ3v) is 6.36. The molecule has 1 aliphatic carbocycles. The molecule has 2 saturated heterocycles. The first kappa shape index (κ1) is 23.1. The molecule has 7 nitrogen and oxygen atoms in total. The van der Waals surface area contributed by atoms with Gasteiger partial charge in [0.25, 0.3) is 5.91 Å². The van der Waals surface area contributed by atoms with Crippen LogP contribution in [-0.2, 0) is 28.9 Å². The van der Waals surface area contributed by atoms with E-state index in [1.54, 1.807) is 7.05 Å². The highest BCUT2D eigenvalue weighted by molar-refractivity contribution is 14.0. The van der Waals surface area contributed by atoms with Crippen LogP contribution in [0.4, 0.5) is 0 Å². The number of phenols is 1. The summed E-state index contributed by atoms with van der Waals surface area (Å²) in [6.07, 6.45) is 6.10. The van der Waals surface area contributed by atoms with Gasteiger partial charge in [-0.2, -0.15) is 0 Å². The van der Waals surface area contributed by atoms with E-state index in [9.17, 15) is 9.90 Å². The van der Waals surface area contributed by atoms with Gasteiger partial charge >= 0.3 is 0 Å². The molecular weight excluding hydrogens is 495 g/mol. The highest BCUT2D eigenvalue weighted by Gasteiger charge is 2.31. The first-order valence-electron chi connectivity index (χ1n) is 10.9. The molecule has 166 valence electrons. The summed E-state index contributed by atoms with van der Waals surface area (Å²) in [4.78, 5) is 21.1. The van der Waals surface area contributed by atoms with Crippen molar-refractivity contribution in [1.82, 2.24) is 15.1 Å². The topological polar surface area (TPSA) is 77.4 Å². The molecule has 2 aliphatic heterocycles. The average molecular weight is 528 g/mol. The van der Waals surface area contributed by atoms with Crippen LogP contribution in [0.3, 0.4) is 0 Å². The van der Waals surface area contributed by atoms with Gasteiger partial charge in [-0.25, -0.2) is 0 Å². The first-order chi connectivity index (χ1) is 14.2. The van der Waals surface area contributed by atoms with Gasteiger partial charge in [-0.15, -0.1) is 24.0 Å². The van der Waals surface area contributed by atoms with E-state index >= 15 is 0 Å². The zero-order valence-corrected chi connectivity index (χ0v) is 20.1. The zero-order valence-electron chi connectivity index (χ0n) is 17.7. The number of fused-ring (bicyclic) bond motifs is 1. The van der Waals surface area contributed by atoms with Crippen LogP contribution in [0.5, 0.6) is 5.75 Å². The Bertz CT molecular complexity index is 772. The second kappa shape index (κ2) is 10.7. The van der Waals surface area contributed by atoms with Gasteiger partial charge in [0.15, 0.2) is 5.96 Å². The Labute approximate surface area is 195 Å². The van der Waals surface area contributed by atoms with Crippen LogP contribution in [0.1, 0.15) is 42.4 Å². The van der Waals surface area contributed by atoms with Gasteiger partial charge in [-0.05, 0) is 55.7 Å². The molecule has 1 atom stereocenters. The van der Waals surface area contributed by atoms with Gasteiger partial charge in [-0.3, -0.25) is 9.79 Å². The van der Waals surface area contributed by atoms with Gasteiger partial charge in [0.05, 0.1) is 0 Å². The van der Waals surface area contributed by atoms with E-state index < -0.39 is 0 Å². The monoisotopic (exact) mass is 528 g/mol. The van der Waals surface area contributed by atoms with E-state index in [2.05, 4.69) is 21.3 Å². The fourth-order valence-electron chi connectivity index (χ4n) is 4.70. The number of nitrogens with zero attached hydrogens (tertiary/aromatic N) is 3. The molecular formula is C22H33IN4O3. The van der Waals surface area contributed by atoms with Gasteiger partial charge in [0, 0.05) is 51.9 Å². The van der Waals surface area contributed by atoms with Crippen LogP contribution >= 0.6 is 24.0 Å². The number of phenolic OH excluding ortho intramolecular Hbond substituents is 1. The van der Waals surface area contributed by atoms with E-state index in [0.29, 0.717) is 32.0 Å². The number of hydrogen-bond acceptors (Lipinski definition) is 4. The second-order valence-electron chi connectivity index (χ2n) is 8.12. The number of benzene rings is 1. The Hall–Kier alpha value is -1.55. The average Bonchev–Trinajstić information content (AvgIpc) is 3.30. The number of nitrogens with one attached hydrogen (secondary N) is 1. The molecule has 1 aromatic rings. The summed E-state index contributed by atoms with van der Waals surface area (Å²) < 4.78 is 5.54. The Kier molecular flexibility index (Phi) is 8.21. The van der Waals surface area contributed by atoms with E-state index in [4.69, 9.17) is 4.74 Å². The number of halogens is 1. The van der Waals surface area contributed by atoms with Crippen LogP contribution in [0.2, 0.25) is 0 Å². The molecule has 4 rings (SSSR count). The lowest BCUT2D eigenvalue weighted by molar-refractivity contribution is -0.142. The summed E-state index contributed by atoms with van der Waals surface area (Å²) in [6.45, 7) is 4.13. The number of ether oxygens (including phenoxy) is 1. The first-order valence-corrected chi connectivity index (χ1v) is 10.9. The van der Waals surface area contributed by atoms with E-state index in [1.807, 2.05) is 11.0 Å². The van der Waals surface area contributed by atoms with Crippen LogP contribution in [0.15, 0.2) is 17.1 Å². The molecule has 2 fully saturated rings. The number of aliphatic imine (C=N–C) groups is 1. The van der Waals surface area contributed by atoms with Gasteiger partial charge in [0.1, 0.15) is 11.9 Å². The molecule has 2 N–H and O–H groups in total. The van der Waals surface area contributed by atoms with Gasteiger partial charge in [0.2, 0.25) is 0 Å². The minimum atomic E-state index is -0.244. The molecule has 0 saturated carbocycles. The van der Waals surface area contributed by atoms with Crippen molar-refractivity contribution < 1.29 is 14.6 Å². The maximum Gasteiger partial charge on any atom is 0.251 e. The van der Waals surface area contributed by atoms with Crippen LogP contribution < -0.4 is 5.32 Å². The molecule has 0 radical (unpaired) electrons. The maximum atomic E-state index is 12.5. The summed E-state index contributed by atoms with van der Waals surface area (Å²) in [5, 5.41) is 13.8. The molecule has 0 aromatic heterocycles. The molecule has 3 aliphatic rings. The van der Waals surface area contributed by atoms with Crippen molar-refractivity contribution in [1.29, 1.82) is 0 Å². The summed E-state index contributed by atoms with van der Waals surface area (Å²) in [7, 11) is 1.78. The van der Waals surface area contributed by atoms with Crippen LogP contribution in [-0.4, -0.2) is 72.7 Å². The van der Waals surface area contributed by atoms with E-state index in [1.165, 1.54) is 24.0 Å². The van der Waals surface area contributed by atoms with Gasteiger partial charge in [-0.1, -0.05) is 6.07 Å².